The van der Waals surface area contributed by atoms with Gasteiger partial charge in [0.2, 0.25) is 0 Å². The number of nitrogens with zero attached hydrogens (tertiary/aromatic N) is 2. The molecule has 27 heavy (non-hydrogen) atoms. The number of carbonyl (C=O) groups excluding carboxylic acids is 1. The number of halogens is 3. The van der Waals surface area contributed by atoms with Crippen molar-refractivity contribution in [3.8, 4) is 0 Å². The van der Waals surface area contributed by atoms with Crippen molar-refractivity contribution in [3.05, 3.63) is 47.9 Å². The molecule has 5 nitrogen and oxygen atoms in total. The molecule has 1 fully saturated rings. The highest BCUT2D eigenvalue weighted by Gasteiger charge is 2.30. The summed E-state index contributed by atoms with van der Waals surface area (Å²) in [5, 5.41) is 5.75. The van der Waals surface area contributed by atoms with E-state index in [0.29, 0.717) is 11.9 Å². The Kier molecular flexibility index (Phi) is 5.93. The van der Waals surface area contributed by atoms with E-state index in [1.165, 1.54) is 50.2 Å². The van der Waals surface area contributed by atoms with Crippen LogP contribution in [0.2, 0.25) is 0 Å². The molecule has 0 atom stereocenters. The first-order valence-corrected chi connectivity index (χ1v) is 8.99. The van der Waals surface area contributed by atoms with Crippen LogP contribution < -0.4 is 10.6 Å². The molecule has 0 bridgehead atoms. The van der Waals surface area contributed by atoms with E-state index >= 15 is 0 Å². The molecule has 1 amide bonds. The standard InChI is InChI=1S/C19H21F3N4O/c20-19(21,22)13-6-5-9-15(10-13)26-18(27)16-11-24-17(12-23-16)25-14-7-3-1-2-4-8-14/h5-6,9-12,14H,1-4,7-8H2,(H,24,25)(H,26,27). The molecular formula is C19H21F3N4O. The monoisotopic (exact) mass is 378 g/mol. The molecule has 0 saturated heterocycles. The number of hydrogen-bond donors (Lipinski definition) is 2. The first-order chi connectivity index (χ1) is 12.9. The zero-order valence-electron chi connectivity index (χ0n) is 14.7. The summed E-state index contributed by atoms with van der Waals surface area (Å²) in [6, 6.07) is 4.81. The normalized spacial score (nSPS) is 15.8. The van der Waals surface area contributed by atoms with Crippen LogP contribution in [0.3, 0.4) is 0 Å². The predicted octanol–water partition coefficient (Wildman–Crippen LogP) is 4.88. The quantitative estimate of drug-likeness (QED) is 0.744. The van der Waals surface area contributed by atoms with Gasteiger partial charge in [-0.3, -0.25) is 4.79 Å². The highest BCUT2D eigenvalue weighted by atomic mass is 19.4. The molecular weight excluding hydrogens is 357 g/mol. The molecule has 0 aliphatic heterocycles. The van der Waals surface area contributed by atoms with E-state index in [4.69, 9.17) is 0 Å². The van der Waals surface area contributed by atoms with E-state index in [1.54, 1.807) is 0 Å². The molecule has 1 aromatic carbocycles. The highest BCUT2D eigenvalue weighted by molar-refractivity contribution is 6.02. The maximum atomic E-state index is 12.7. The molecule has 2 aromatic rings. The van der Waals surface area contributed by atoms with Crippen LogP contribution in [0.4, 0.5) is 24.7 Å². The minimum Gasteiger partial charge on any atom is -0.366 e. The van der Waals surface area contributed by atoms with Crippen molar-refractivity contribution in [2.45, 2.75) is 50.7 Å². The van der Waals surface area contributed by atoms with Gasteiger partial charge in [0.1, 0.15) is 11.5 Å². The van der Waals surface area contributed by atoms with Crippen LogP contribution in [0.25, 0.3) is 0 Å². The number of aromatic nitrogens is 2. The van der Waals surface area contributed by atoms with Crippen molar-refractivity contribution >= 4 is 17.4 Å². The van der Waals surface area contributed by atoms with Gasteiger partial charge in [0.25, 0.3) is 5.91 Å². The van der Waals surface area contributed by atoms with Crippen molar-refractivity contribution in [1.82, 2.24) is 9.97 Å². The third-order valence-corrected chi connectivity index (χ3v) is 4.54. The Hall–Kier alpha value is -2.64. The Morgan fingerprint density at radius 1 is 1.04 bits per heavy atom. The second-order valence-electron chi connectivity index (χ2n) is 6.65. The van der Waals surface area contributed by atoms with Gasteiger partial charge in [-0.2, -0.15) is 13.2 Å². The van der Waals surface area contributed by atoms with Crippen LogP contribution in [0, 0.1) is 0 Å². The number of rotatable bonds is 4. The van der Waals surface area contributed by atoms with E-state index in [-0.39, 0.29) is 11.4 Å². The van der Waals surface area contributed by atoms with Crippen molar-refractivity contribution in [3.63, 3.8) is 0 Å². The summed E-state index contributed by atoms with van der Waals surface area (Å²) in [5.74, 6) is -0.0136. The first-order valence-electron chi connectivity index (χ1n) is 8.99. The molecule has 1 saturated carbocycles. The van der Waals surface area contributed by atoms with Gasteiger partial charge in [0, 0.05) is 11.7 Å². The van der Waals surface area contributed by atoms with E-state index in [0.717, 1.165) is 25.0 Å². The molecule has 3 rings (SSSR count). The zero-order chi connectivity index (χ0) is 19.3. The summed E-state index contributed by atoms with van der Waals surface area (Å²) < 4.78 is 38.2. The number of carbonyl (C=O) groups is 1. The third-order valence-electron chi connectivity index (χ3n) is 4.54. The average Bonchev–Trinajstić information content (AvgIpc) is 2.90. The predicted molar refractivity (Wildman–Crippen MR) is 96.5 cm³/mol. The Balaban J connectivity index is 1.62. The molecule has 0 radical (unpaired) electrons. The van der Waals surface area contributed by atoms with Gasteiger partial charge in [-0.25, -0.2) is 9.97 Å². The molecule has 1 aromatic heterocycles. The third kappa shape index (κ3) is 5.42. The van der Waals surface area contributed by atoms with Crippen LogP contribution in [-0.2, 0) is 6.18 Å². The van der Waals surface area contributed by atoms with Crippen molar-refractivity contribution in [2.75, 3.05) is 10.6 Å². The minimum atomic E-state index is -4.47. The van der Waals surface area contributed by atoms with Crippen molar-refractivity contribution in [1.29, 1.82) is 0 Å². The average molecular weight is 378 g/mol. The van der Waals surface area contributed by atoms with E-state index in [1.807, 2.05) is 0 Å². The number of amides is 1. The van der Waals surface area contributed by atoms with Crippen LogP contribution in [0.15, 0.2) is 36.7 Å². The fraction of sp³-hybridized carbons (Fsp3) is 0.421. The van der Waals surface area contributed by atoms with Gasteiger partial charge >= 0.3 is 6.18 Å². The molecule has 0 unspecified atom stereocenters. The lowest BCUT2D eigenvalue weighted by molar-refractivity contribution is -0.137. The lowest BCUT2D eigenvalue weighted by Crippen LogP contribution is -2.20. The van der Waals surface area contributed by atoms with Gasteiger partial charge in [-0.1, -0.05) is 31.7 Å². The molecule has 1 aliphatic rings. The van der Waals surface area contributed by atoms with Gasteiger partial charge < -0.3 is 10.6 Å². The zero-order valence-corrected chi connectivity index (χ0v) is 14.7. The van der Waals surface area contributed by atoms with Crippen LogP contribution in [0.5, 0.6) is 0 Å². The van der Waals surface area contributed by atoms with Gasteiger partial charge in [-0.05, 0) is 31.0 Å². The SMILES string of the molecule is O=C(Nc1cccc(C(F)(F)F)c1)c1cnc(NC2CCCCCC2)cn1. The highest BCUT2D eigenvalue weighted by Crippen LogP contribution is 2.30. The largest absolute Gasteiger partial charge is 0.416 e. The second-order valence-corrected chi connectivity index (χ2v) is 6.65. The summed E-state index contributed by atoms with van der Waals surface area (Å²) >= 11 is 0. The Labute approximate surface area is 155 Å². The number of alkyl halides is 3. The Morgan fingerprint density at radius 3 is 2.41 bits per heavy atom. The number of hydrogen-bond acceptors (Lipinski definition) is 4. The van der Waals surface area contributed by atoms with Crippen molar-refractivity contribution < 1.29 is 18.0 Å². The fourth-order valence-corrected chi connectivity index (χ4v) is 3.12. The Morgan fingerprint density at radius 2 is 1.78 bits per heavy atom. The smallest absolute Gasteiger partial charge is 0.366 e. The molecule has 1 aliphatic carbocycles. The Bertz CT molecular complexity index is 769. The molecule has 0 spiro atoms. The lowest BCUT2D eigenvalue weighted by atomic mass is 10.1. The maximum absolute atomic E-state index is 12.7. The van der Waals surface area contributed by atoms with Gasteiger partial charge in [0.05, 0.1) is 18.0 Å². The van der Waals surface area contributed by atoms with Gasteiger partial charge in [0.15, 0.2) is 0 Å². The summed E-state index contributed by atoms with van der Waals surface area (Å²) in [6.07, 6.45) is 5.36. The fourth-order valence-electron chi connectivity index (χ4n) is 3.12. The van der Waals surface area contributed by atoms with E-state index < -0.39 is 17.6 Å². The summed E-state index contributed by atoms with van der Waals surface area (Å²) in [6.45, 7) is 0. The first kappa shape index (κ1) is 19.1. The van der Waals surface area contributed by atoms with E-state index in [9.17, 15) is 18.0 Å². The van der Waals surface area contributed by atoms with Crippen molar-refractivity contribution in [2.24, 2.45) is 0 Å². The summed E-state index contributed by atoms with van der Waals surface area (Å²) in [5.41, 5.74) is -0.731. The molecule has 8 heteroatoms. The molecule has 2 N–H and O–H groups in total. The topological polar surface area (TPSA) is 66.9 Å². The second kappa shape index (κ2) is 8.37. The summed E-state index contributed by atoms with van der Waals surface area (Å²) in [4.78, 5) is 20.5. The van der Waals surface area contributed by atoms with Crippen LogP contribution in [-0.4, -0.2) is 21.9 Å². The number of nitrogens with one attached hydrogen (secondary N) is 2. The minimum absolute atomic E-state index is 0.0406. The molecule has 1 heterocycles. The number of benzene rings is 1. The number of anilines is 2. The van der Waals surface area contributed by atoms with Gasteiger partial charge in [-0.15, -0.1) is 0 Å². The lowest BCUT2D eigenvalue weighted by Gasteiger charge is -2.16. The maximum Gasteiger partial charge on any atom is 0.416 e. The van der Waals surface area contributed by atoms with Crippen LogP contribution in [0.1, 0.15) is 54.6 Å². The molecule has 144 valence electrons. The van der Waals surface area contributed by atoms with Crippen LogP contribution >= 0.6 is 0 Å². The van der Waals surface area contributed by atoms with E-state index in [2.05, 4.69) is 20.6 Å². The summed E-state index contributed by atoms with van der Waals surface area (Å²) in [7, 11) is 0.